The van der Waals surface area contributed by atoms with Gasteiger partial charge >= 0.3 is 6.18 Å². The van der Waals surface area contributed by atoms with Crippen LogP contribution in [0.2, 0.25) is 0 Å². The van der Waals surface area contributed by atoms with Crippen LogP contribution in [0.15, 0.2) is 53.5 Å². The summed E-state index contributed by atoms with van der Waals surface area (Å²) in [6.07, 6.45) is -4.00. The van der Waals surface area contributed by atoms with E-state index in [0.29, 0.717) is 11.6 Å². The third-order valence-corrected chi connectivity index (χ3v) is 4.08. The maximum Gasteiger partial charge on any atom is 0.423 e. The van der Waals surface area contributed by atoms with Gasteiger partial charge in [-0.1, -0.05) is 30.3 Å². The highest BCUT2D eigenvalue weighted by atomic mass is 19.4. The molecule has 1 unspecified atom stereocenters. The van der Waals surface area contributed by atoms with Crippen molar-refractivity contribution in [1.29, 1.82) is 0 Å². The molecule has 0 spiro atoms. The number of alkyl halides is 3. The zero-order chi connectivity index (χ0) is 19.1. The first-order chi connectivity index (χ1) is 12.2. The van der Waals surface area contributed by atoms with E-state index >= 15 is 0 Å². The molecule has 0 fully saturated rings. The molecule has 0 saturated heterocycles. The van der Waals surface area contributed by atoms with Crippen LogP contribution in [0, 0.1) is 10.1 Å². The van der Waals surface area contributed by atoms with E-state index in [1.807, 2.05) is 0 Å². The van der Waals surface area contributed by atoms with E-state index in [0.717, 1.165) is 16.8 Å². The zero-order valence-electron chi connectivity index (χ0n) is 13.4. The summed E-state index contributed by atoms with van der Waals surface area (Å²) in [6, 6.07) is 9.50. The summed E-state index contributed by atoms with van der Waals surface area (Å²) in [5, 5.41) is 11.0. The lowest BCUT2D eigenvalue weighted by Gasteiger charge is -2.19. The second-order valence-corrected chi connectivity index (χ2v) is 5.67. The summed E-state index contributed by atoms with van der Waals surface area (Å²) >= 11 is 0. The number of rotatable bonds is 3. The lowest BCUT2D eigenvalue weighted by molar-refractivity contribution is -0.387. The summed E-state index contributed by atoms with van der Waals surface area (Å²) < 4.78 is 41.0. The van der Waals surface area contributed by atoms with Gasteiger partial charge < -0.3 is 0 Å². The predicted molar refractivity (Wildman–Crippen MR) is 87.9 cm³/mol. The van der Waals surface area contributed by atoms with E-state index < -0.39 is 34.0 Å². The Balaban J connectivity index is 2.35. The van der Waals surface area contributed by atoms with Crippen LogP contribution < -0.4 is 5.56 Å². The number of aromatic nitrogens is 2. The van der Waals surface area contributed by atoms with Gasteiger partial charge in [0.2, 0.25) is 0 Å². The Morgan fingerprint density at radius 3 is 2.42 bits per heavy atom. The molecule has 1 atom stereocenters. The Hall–Kier alpha value is -3.23. The maximum absolute atomic E-state index is 13.3. The topological polar surface area (TPSA) is 78.0 Å². The largest absolute Gasteiger partial charge is 0.423 e. The Kier molecular flexibility index (Phi) is 4.23. The molecule has 1 aromatic heterocycles. The lowest BCUT2D eigenvalue weighted by atomic mass is 10.1. The normalized spacial score (nSPS) is 12.9. The second kappa shape index (κ2) is 6.25. The molecular formula is C17H12F3N3O3. The molecule has 1 heterocycles. The third kappa shape index (κ3) is 3.03. The monoisotopic (exact) mass is 363 g/mol. The number of nitro groups is 1. The van der Waals surface area contributed by atoms with Crippen LogP contribution in [-0.2, 0) is 6.18 Å². The Bertz CT molecular complexity index is 1050. The number of hydrogen-bond acceptors (Lipinski definition) is 4. The molecule has 0 aliphatic rings. The predicted octanol–water partition coefficient (Wildman–Crippen LogP) is 3.93. The van der Waals surface area contributed by atoms with E-state index in [1.54, 1.807) is 37.3 Å². The molecule has 3 rings (SSSR count). The fourth-order valence-electron chi connectivity index (χ4n) is 2.83. The number of hydrogen-bond donors (Lipinski definition) is 0. The third-order valence-electron chi connectivity index (χ3n) is 4.08. The van der Waals surface area contributed by atoms with Crippen LogP contribution in [-0.4, -0.2) is 14.5 Å². The number of benzene rings is 2. The van der Waals surface area contributed by atoms with E-state index in [9.17, 15) is 28.1 Å². The first-order valence-electron chi connectivity index (χ1n) is 7.52. The van der Waals surface area contributed by atoms with E-state index in [2.05, 4.69) is 4.98 Å². The molecule has 6 nitrogen and oxygen atoms in total. The van der Waals surface area contributed by atoms with Gasteiger partial charge in [-0.15, -0.1) is 0 Å². The average Bonchev–Trinajstić information content (AvgIpc) is 2.60. The first-order valence-corrected chi connectivity index (χ1v) is 7.52. The van der Waals surface area contributed by atoms with Crippen LogP contribution in [0.1, 0.15) is 24.1 Å². The molecule has 0 amide bonds. The molecule has 2 aromatic carbocycles. The summed E-state index contributed by atoms with van der Waals surface area (Å²) in [7, 11) is 0. The summed E-state index contributed by atoms with van der Waals surface area (Å²) in [5.74, 6) is 0. The van der Waals surface area contributed by atoms with Crippen LogP contribution in [0.5, 0.6) is 0 Å². The van der Waals surface area contributed by atoms with Gasteiger partial charge in [-0.2, -0.15) is 13.2 Å². The maximum atomic E-state index is 13.3. The van der Waals surface area contributed by atoms with Crippen LogP contribution >= 0.6 is 0 Å². The highest BCUT2D eigenvalue weighted by Crippen LogP contribution is 2.38. The van der Waals surface area contributed by atoms with E-state index in [-0.39, 0.29) is 11.0 Å². The summed E-state index contributed by atoms with van der Waals surface area (Å²) in [5.41, 5.74) is -2.60. The molecule has 0 saturated carbocycles. The average molecular weight is 363 g/mol. The van der Waals surface area contributed by atoms with Gasteiger partial charge in [0.15, 0.2) is 0 Å². The van der Waals surface area contributed by atoms with Crippen molar-refractivity contribution in [2.45, 2.75) is 19.1 Å². The fourth-order valence-corrected chi connectivity index (χ4v) is 2.83. The molecular weight excluding hydrogens is 351 g/mol. The minimum atomic E-state index is -4.94. The van der Waals surface area contributed by atoms with Crippen molar-refractivity contribution in [3.05, 3.63) is 80.3 Å². The highest BCUT2D eigenvalue weighted by molar-refractivity contribution is 5.79. The van der Waals surface area contributed by atoms with E-state index in [4.69, 9.17) is 0 Å². The molecule has 3 aromatic rings. The van der Waals surface area contributed by atoms with E-state index in [1.165, 1.54) is 0 Å². The van der Waals surface area contributed by atoms with Gasteiger partial charge in [-0.3, -0.25) is 19.5 Å². The number of fused-ring (bicyclic) bond motifs is 1. The Morgan fingerprint density at radius 1 is 1.19 bits per heavy atom. The second-order valence-electron chi connectivity index (χ2n) is 5.67. The van der Waals surface area contributed by atoms with Crippen molar-refractivity contribution < 1.29 is 18.1 Å². The standard InChI is InChI=1S/C17H12F3N3O3/c1-10(11-5-3-2-4-6-11)22-15-7-12(17(18,19)20)14(23(25)26)8-13(15)21-9-16(22)24/h2-10H,1H3. The molecule has 9 heteroatoms. The number of halogens is 3. The summed E-state index contributed by atoms with van der Waals surface area (Å²) in [6.45, 7) is 1.66. The van der Waals surface area contributed by atoms with Gasteiger partial charge in [0.25, 0.3) is 11.2 Å². The Morgan fingerprint density at radius 2 is 1.85 bits per heavy atom. The Labute approximate surface area is 144 Å². The molecule has 0 radical (unpaired) electrons. The van der Waals surface area contributed by atoms with Gasteiger partial charge in [-0.05, 0) is 18.6 Å². The van der Waals surface area contributed by atoms with Crippen LogP contribution in [0.4, 0.5) is 18.9 Å². The molecule has 0 aliphatic carbocycles. The van der Waals surface area contributed by atoms with Gasteiger partial charge in [0, 0.05) is 6.07 Å². The van der Waals surface area contributed by atoms with Crippen molar-refractivity contribution in [3.63, 3.8) is 0 Å². The zero-order valence-corrected chi connectivity index (χ0v) is 13.4. The quantitative estimate of drug-likeness (QED) is 0.522. The van der Waals surface area contributed by atoms with Crippen molar-refractivity contribution in [2.24, 2.45) is 0 Å². The fraction of sp³-hybridized carbons (Fsp3) is 0.176. The molecule has 0 bridgehead atoms. The first kappa shape index (κ1) is 17.6. The highest BCUT2D eigenvalue weighted by Gasteiger charge is 2.39. The minimum Gasteiger partial charge on any atom is -0.298 e. The van der Waals surface area contributed by atoms with Gasteiger partial charge in [0.1, 0.15) is 5.56 Å². The lowest BCUT2D eigenvalue weighted by Crippen LogP contribution is -2.25. The number of nitrogens with zero attached hydrogens (tertiary/aromatic N) is 3. The minimum absolute atomic E-state index is 0.0629. The van der Waals surface area contributed by atoms with Crippen molar-refractivity contribution in [1.82, 2.24) is 9.55 Å². The SMILES string of the molecule is CC(c1ccccc1)n1c(=O)cnc2cc([N+](=O)[O-])c(C(F)(F)F)cc21. The van der Waals surface area contributed by atoms with Crippen molar-refractivity contribution in [2.75, 3.05) is 0 Å². The van der Waals surface area contributed by atoms with Crippen LogP contribution in [0.25, 0.3) is 11.0 Å². The smallest absolute Gasteiger partial charge is 0.298 e. The number of nitro benzene ring substituents is 1. The van der Waals surface area contributed by atoms with Crippen molar-refractivity contribution in [3.8, 4) is 0 Å². The van der Waals surface area contributed by atoms with Gasteiger partial charge in [0.05, 0.1) is 28.2 Å². The molecule has 0 aliphatic heterocycles. The van der Waals surface area contributed by atoms with Crippen molar-refractivity contribution >= 4 is 16.7 Å². The van der Waals surface area contributed by atoms with Gasteiger partial charge in [-0.25, -0.2) is 4.98 Å². The van der Waals surface area contributed by atoms with Crippen LogP contribution in [0.3, 0.4) is 0 Å². The summed E-state index contributed by atoms with van der Waals surface area (Å²) in [4.78, 5) is 26.0. The molecule has 134 valence electrons. The molecule has 26 heavy (non-hydrogen) atoms. The molecule has 0 N–H and O–H groups in total.